The van der Waals surface area contributed by atoms with Crippen molar-refractivity contribution in [2.24, 2.45) is 0 Å². The molecule has 2 aromatic rings. The van der Waals surface area contributed by atoms with E-state index in [1.165, 1.54) is 6.20 Å². The normalized spacial score (nSPS) is 11.9. The number of aromatic nitrogens is 1. The Morgan fingerprint density at radius 2 is 2.00 bits per heavy atom. The molecule has 0 aliphatic carbocycles. The van der Waals surface area contributed by atoms with Gasteiger partial charge in [-0.05, 0) is 18.2 Å². The van der Waals surface area contributed by atoms with Crippen LogP contribution in [0.25, 0.3) is 10.9 Å². The number of nitrogens with zero attached hydrogens (tertiary/aromatic N) is 1. The Labute approximate surface area is 98.2 Å². The van der Waals surface area contributed by atoms with E-state index in [4.69, 9.17) is 10.7 Å². The van der Waals surface area contributed by atoms with Crippen LogP contribution in [-0.2, 0) is 9.05 Å². The second kappa shape index (κ2) is 3.68. The minimum atomic E-state index is -3.71. The van der Waals surface area contributed by atoms with Crippen molar-refractivity contribution in [1.82, 2.24) is 4.98 Å². The average Bonchev–Trinajstić information content (AvgIpc) is 2.58. The monoisotopic (exact) mass is 258 g/mol. The van der Waals surface area contributed by atoms with Crippen molar-refractivity contribution in [1.29, 1.82) is 0 Å². The van der Waals surface area contributed by atoms with Crippen LogP contribution in [0.15, 0.2) is 29.3 Å². The van der Waals surface area contributed by atoms with Crippen LogP contribution in [-0.4, -0.2) is 27.5 Å². The zero-order valence-electron chi connectivity index (χ0n) is 8.86. The van der Waals surface area contributed by atoms with E-state index in [1.807, 2.05) is 31.1 Å². The summed E-state index contributed by atoms with van der Waals surface area (Å²) < 4.78 is 22.6. The number of H-pyrrole nitrogens is 1. The van der Waals surface area contributed by atoms with Gasteiger partial charge in [0.1, 0.15) is 4.90 Å². The molecular formula is C10H11ClN2O2S. The van der Waals surface area contributed by atoms with Crippen molar-refractivity contribution in [2.45, 2.75) is 4.90 Å². The molecule has 0 saturated heterocycles. The lowest BCUT2D eigenvalue weighted by molar-refractivity contribution is 0.610. The van der Waals surface area contributed by atoms with Gasteiger partial charge in [0.05, 0.1) is 0 Å². The number of benzene rings is 1. The molecule has 1 heterocycles. The van der Waals surface area contributed by atoms with Gasteiger partial charge in [-0.15, -0.1) is 0 Å². The molecule has 86 valence electrons. The highest BCUT2D eigenvalue weighted by atomic mass is 35.7. The van der Waals surface area contributed by atoms with Crippen LogP contribution >= 0.6 is 10.7 Å². The highest BCUT2D eigenvalue weighted by Gasteiger charge is 2.16. The fourth-order valence-electron chi connectivity index (χ4n) is 1.56. The lowest BCUT2D eigenvalue weighted by Gasteiger charge is -2.12. The van der Waals surface area contributed by atoms with E-state index in [9.17, 15) is 8.42 Å². The summed E-state index contributed by atoms with van der Waals surface area (Å²) in [7, 11) is 5.43. The Kier molecular flexibility index (Phi) is 2.59. The molecule has 0 atom stereocenters. The standard InChI is InChI=1S/C10H11ClN2O2S/c1-13(2)7-3-4-9-8(5-7)10(6-12-9)16(11,14)15/h3-6,12H,1-2H3. The van der Waals surface area contributed by atoms with E-state index < -0.39 is 9.05 Å². The first kappa shape index (κ1) is 11.3. The molecule has 0 radical (unpaired) electrons. The highest BCUT2D eigenvalue weighted by molar-refractivity contribution is 8.14. The van der Waals surface area contributed by atoms with Gasteiger partial charge in [-0.25, -0.2) is 8.42 Å². The van der Waals surface area contributed by atoms with Crippen LogP contribution in [0.5, 0.6) is 0 Å². The van der Waals surface area contributed by atoms with Gasteiger partial charge >= 0.3 is 0 Å². The predicted octanol–water partition coefficient (Wildman–Crippen LogP) is 2.16. The number of nitrogens with one attached hydrogen (secondary N) is 1. The van der Waals surface area contributed by atoms with Gasteiger partial charge in [0.15, 0.2) is 0 Å². The highest BCUT2D eigenvalue weighted by Crippen LogP contribution is 2.28. The van der Waals surface area contributed by atoms with Crippen LogP contribution < -0.4 is 4.90 Å². The minimum Gasteiger partial charge on any atom is -0.378 e. The smallest absolute Gasteiger partial charge is 0.263 e. The van der Waals surface area contributed by atoms with E-state index in [1.54, 1.807) is 6.07 Å². The van der Waals surface area contributed by atoms with Crippen molar-refractivity contribution in [3.8, 4) is 0 Å². The van der Waals surface area contributed by atoms with Gasteiger partial charge in [0.2, 0.25) is 0 Å². The number of anilines is 1. The molecule has 1 aromatic carbocycles. The summed E-state index contributed by atoms with van der Waals surface area (Å²) in [6, 6.07) is 5.53. The summed E-state index contributed by atoms with van der Waals surface area (Å²) in [6.45, 7) is 0. The van der Waals surface area contributed by atoms with Gasteiger partial charge < -0.3 is 9.88 Å². The molecule has 4 nitrogen and oxygen atoms in total. The van der Waals surface area contributed by atoms with Crippen LogP contribution in [0, 0.1) is 0 Å². The molecule has 1 N–H and O–H groups in total. The van der Waals surface area contributed by atoms with Crippen molar-refractivity contribution in [2.75, 3.05) is 19.0 Å². The quantitative estimate of drug-likeness (QED) is 0.840. The Balaban J connectivity index is 2.75. The molecule has 0 bridgehead atoms. The Hall–Kier alpha value is -1.20. The topological polar surface area (TPSA) is 53.2 Å². The molecule has 0 fully saturated rings. The fourth-order valence-corrected chi connectivity index (χ4v) is 2.58. The van der Waals surface area contributed by atoms with Crippen LogP contribution in [0.3, 0.4) is 0 Å². The number of hydrogen-bond acceptors (Lipinski definition) is 3. The van der Waals surface area contributed by atoms with E-state index >= 15 is 0 Å². The molecule has 0 spiro atoms. The average molecular weight is 259 g/mol. The molecule has 6 heteroatoms. The first-order chi connectivity index (χ1) is 7.39. The molecule has 2 rings (SSSR count). The molecule has 0 saturated carbocycles. The molecule has 0 aliphatic heterocycles. The third-order valence-electron chi connectivity index (χ3n) is 2.41. The van der Waals surface area contributed by atoms with Crippen LogP contribution in [0.2, 0.25) is 0 Å². The molecule has 1 aromatic heterocycles. The summed E-state index contributed by atoms with van der Waals surface area (Å²) in [4.78, 5) is 4.90. The Morgan fingerprint density at radius 1 is 1.31 bits per heavy atom. The molecule has 0 amide bonds. The first-order valence-electron chi connectivity index (χ1n) is 4.63. The summed E-state index contributed by atoms with van der Waals surface area (Å²) in [5, 5.41) is 0.612. The van der Waals surface area contributed by atoms with Gasteiger partial charge in [0, 0.05) is 47.6 Å². The molecule has 0 unspecified atom stereocenters. The maximum Gasteiger partial charge on any atom is 0.263 e. The van der Waals surface area contributed by atoms with Gasteiger partial charge in [-0.2, -0.15) is 0 Å². The van der Waals surface area contributed by atoms with Crippen molar-refractivity contribution >= 4 is 36.3 Å². The summed E-state index contributed by atoms with van der Waals surface area (Å²) in [6.07, 6.45) is 1.41. The van der Waals surface area contributed by atoms with Crippen LogP contribution in [0.1, 0.15) is 0 Å². The van der Waals surface area contributed by atoms with Crippen molar-refractivity contribution < 1.29 is 8.42 Å². The SMILES string of the molecule is CN(C)c1ccc2[nH]cc(S(=O)(=O)Cl)c2c1. The molecule has 16 heavy (non-hydrogen) atoms. The zero-order valence-corrected chi connectivity index (χ0v) is 10.4. The number of halogens is 1. The summed E-state index contributed by atoms with van der Waals surface area (Å²) >= 11 is 0. The Morgan fingerprint density at radius 3 is 2.56 bits per heavy atom. The predicted molar refractivity (Wildman–Crippen MR) is 65.7 cm³/mol. The van der Waals surface area contributed by atoms with Crippen LogP contribution in [0.4, 0.5) is 5.69 Å². The number of fused-ring (bicyclic) bond motifs is 1. The van der Waals surface area contributed by atoms with E-state index in [0.29, 0.717) is 5.39 Å². The van der Waals surface area contributed by atoms with Crippen molar-refractivity contribution in [3.63, 3.8) is 0 Å². The van der Waals surface area contributed by atoms with Gasteiger partial charge in [0.25, 0.3) is 9.05 Å². The first-order valence-corrected chi connectivity index (χ1v) is 6.93. The Bertz CT molecular complexity index is 631. The summed E-state index contributed by atoms with van der Waals surface area (Å²) in [5.74, 6) is 0. The second-order valence-corrected chi connectivity index (χ2v) is 6.25. The number of aromatic amines is 1. The molecular weight excluding hydrogens is 248 g/mol. The third-order valence-corrected chi connectivity index (χ3v) is 3.77. The lowest BCUT2D eigenvalue weighted by Crippen LogP contribution is -2.08. The zero-order chi connectivity index (χ0) is 11.9. The second-order valence-electron chi connectivity index (χ2n) is 3.72. The van der Waals surface area contributed by atoms with Crippen molar-refractivity contribution in [3.05, 3.63) is 24.4 Å². The minimum absolute atomic E-state index is 0.118. The van der Waals surface area contributed by atoms with Gasteiger partial charge in [-0.1, -0.05) is 0 Å². The lowest BCUT2D eigenvalue weighted by atomic mass is 10.2. The number of rotatable bonds is 2. The van der Waals surface area contributed by atoms with E-state index in [0.717, 1.165) is 11.2 Å². The maximum atomic E-state index is 11.3. The fraction of sp³-hybridized carbons (Fsp3) is 0.200. The van der Waals surface area contributed by atoms with Gasteiger partial charge in [-0.3, -0.25) is 0 Å². The molecule has 0 aliphatic rings. The van der Waals surface area contributed by atoms with E-state index in [2.05, 4.69) is 4.98 Å². The maximum absolute atomic E-state index is 11.3. The summed E-state index contributed by atoms with van der Waals surface area (Å²) in [5.41, 5.74) is 1.68. The largest absolute Gasteiger partial charge is 0.378 e. The van der Waals surface area contributed by atoms with E-state index in [-0.39, 0.29) is 4.90 Å². The third kappa shape index (κ3) is 1.88. The number of hydrogen-bond donors (Lipinski definition) is 1.